The van der Waals surface area contributed by atoms with Crippen LogP contribution in [-0.4, -0.2) is 28.0 Å². The van der Waals surface area contributed by atoms with Crippen molar-refractivity contribution in [2.45, 2.75) is 42.0 Å². The largest absolute Gasteiger partial charge is 0.370 e. The summed E-state index contributed by atoms with van der Waals surface area (Å²) in [4.78, 5) is 10.9. The zero-order valence-corrected chi connectivity index (χ0v) is 13.1. The van der Waals surface area contributed by atoms with Gasteiger partial charge in [-0.15, -0.1) is 23.5 Å². The van der Waals surface area contributed by atoms with Gasteiger partial charge in [-0.05, 0) is 29.9 Å². The lowest BCUT2D eigenvalue weighted by molar-refractivity contribution is -0.114. The zero-order chi connectivity index (χ0) is 13.8. The Hall–Kier alpha value is -0.450. The number of aldehydes is 1. The van der Waals surface area contributed by atoms with Crippen LogP contribution in [-0.2, 0) is 9.53 Å². The number of benzene rings is 1. The summed E-state index contributed by atoms with van der Waals surface area (Å²) in [5.41, 5.74) is 1.24. The van der Waals surface area contributed by atoms with Crippen molar-refractivity contribution >= 4 is 29.8 Å². The smallest absolute Gasteiger partial charge is 0.122 e. The van der Waals surface area contributed by atoms with E-state index in [1.807, 2.05) is 6.07 Å². The van der Waals surface area contributed by atoms with Crippen LogP contribution in [0.1, 0.15) is 37.4 Å². The predicted molar refractivity (Wildman–Crippen MR) is 86.2 cm³/mol. The van der Waals surface area contributed by atoms with Crippen molar-refractivity contribution in [2.75, 3.05) is 11.5 Å². The Kier molecular flexibility index (Phi) is 4.74. The van der Waals surface area contributed by atoms with Crippen LogP contribution in [0.15, 0.2) is 30.3 Å². The van der Waals surface area contributed by atoms with Crippen LogP contribution in [0.25, 0.3) is 0 Å². The van der Waals surface area contributed by atoms with Crippen LogP contribution >= 0.6 is 23.5 Å². The van der Waals surface area contributed by atoms with Gasteiger partial charge in [0.2, 0.25) is 0 Å². The number of hydrogen-bond donors (Lipinski definition) is 0. The molecule has 2 nitrogen and oxygen atoms in total. The molecule has 0 bridgehead atoms. The summed E-state index contributed by atoms with van der Waals surface area (Å²) in [7, 11) is 0. The maximum atomic E-state index is 10.9. The van der Waals surface area contributed by atoms with Crippen molar-refractivity contribution in [3.05, 3.63) is 35.9 Å². The van der Waals surface area contributed by atoms with Crippen molar-refractivity contribution in [1.29, 1.82) is 0 Å². The molecule has 1 spiro atoms. The van der Waals surface area contributed by atoms with E-state index in [2.05, 4.69) is 47.8 Å². The Morgan fingerprint density at radius 3 is 2.65 bits per heavy atom. The summed E-state index contributed by atoms with van der Waals surface area (Å²) < 4.78 is 6.44. The highest BCUT2D eigenvalue weighted by molar-refractivity contribution is 8.18. The SMILES string of the molecule is O=CC[C@H]1CC2(C[C@@H](c3ccccc3)O1)SCCCS2. The fourth-order valence-corrected chi connectivity index (χ4v) is 6.49. The number of carbonyl (C=O) groups excluding carboxylic acids is 1. The maximum Gasteiger partial charge on any atom is 0.122 e. The van der Waals surface area contributed by atoms with Gasteiger partial charge >= 0.3 is 0 Å². The molecule has 0 unspecified atom stereocenters. The third-order valence-electron chi connectivity index (χ3n) is 3.94. The lowest BCUT2D eigenvalue weighted by Gasteiger charge is -2.45. The van der Waals surface area contributed by atoms with Crippen LogP contribution in [0, 0.1) is 0 Å². The summed E-state index contributed by atoms with van der Waals surface area (Å²) in [6, 6.07) is 10.4. The normalized spacial score (nSPS) is 29.2. The Bertz CT molecular complexity index is 443. The van der Waals surface area contributed by atoms with Crippen LogP contribution in [0.2, 0.25) is 0 Å². The van der Waals surface area contributed by atoms with E-state index in [4.69, 9.17) is 4.74 Å². The number of hydrogen-bond acceptors (Lipinski definition) is 4. The van der Waals surface area contributed by atoms with E-state index in [0.717, 1.165) is 19.1 Å². The molecule has 0 amide bonds. The van der Waals surface area contributed by atoms with E-state index < -0.39 is 0 Å². The summed E-state index contributed by atoms with van der Waals surface area (Å²) in [6.45, 7) is 0. The molecule has 108 valence electrons. The molecule has 4 heteroatoms. The Morgan fingerprint density at radius 2 is 1.95 bits per heavy atom. The molecular formula is C16H20O2S2. The molecule has 1 aromatic carbocycles. The quantitative estimate of drug-likeness (QED) is 0.787. The summed E-state index contributed by atoms with van der Waals surface area (Å²) in [5.74, 6) is 2.48. The van der Waals surface area contributed by atoms with Crippen LogP contribution < -0.4 is 0 Å². The second-order valence-corrected chi connectivity index (χ2v) is 8.64. The van der Waals surface area contributed by atoms with E-state index >= 15 is 0 Å². The molecule has 0 N–H and O–H groups in total. The number of ether oxygens (including phenoxy) is 1. The fourth-order valence-electron chi connectivity index (χ4n) is 3.00. The Balaban J connectivity index is 1.81. The van der Waals surface area contributed by atoms with Gasteiger partial charge in [0.1, 0.15) is 6.29 Å². The Morgan fingerprint density at radius 1 is 1.20 bits per heavy atom. The van der Waals surface area contributed by atoms with Crippen LogP contribution in [0.5, 0.6) is 0 Å². The average molecular weight is 308 g/mol. The third kappa shape index (κ3) is 3.23. The van der Waals surface area contributed by atoms with Gasteiger partial charge in [0.15, 0.2) is 0 Å². The van der Waals surface area contributed by atoms with Gasteiger partial charge in [0, 0.05) is 12.8 Å². The van der Waals surface area contributed by atoms with Crippen molar-refractivity contribution < 1.29 is 9.53 Å². The molecule has 0 aliphatic carbocycles. The third-order valence-corrected chi connectivity index (χ3v) is 7.35. The number of thioether (sulfide) groups is 2. The van der Waals surface area contributed by atoms with E-state index in [1.54, 1.807) is 0 Å². The van der Waals surface area contributed by atoms with Gasteiger partial charge in [-0.1, -0.05) is 30.3 Å². The van der Waals surface area contributed by atoms with Crippen molar-refractivity contribution in [2.24, 2.45) is 0 Å². The molecule has 0 saturated carbocycles. The minimum atomic E-state index is 0.0737. The van der Waals surface area contributed by atoms with Gasteiger partial charge in [-0.25, -0.2) is 0 Å². The topological polar surface area (TPSA) is 26.3 Å². The van der Waals surface area contributed by atoms with Gasteiger partial charge in [-0.2, -0.15) is 0 Å². The summed E-state index contributed by atoms with van der Waals surface area (Å²) in [6.07, 6.45) is 5.09. The highest BCUT2D eigenvalue weighted by atomic mass is 32.2. The second-order valence-electron chi connectivity index (χ2n) is 5.43. The van der Waals surface area contributed by atoms with Gasteiger partial charge in [-0.3, -0.25) is 0 Å². The zero-order valence-electron chi connectivity index (χ0n) is 11.5. The standard InChI is InChI=1S/C16H20O2S2/c17-8-7-14-11-16(19-9-4-10-20-16)12-15(18-14)13-5-2-1-3-6-13/h1-3,5-6,8,14-15H,4,7,9-12H2/t14-,15-/m0/s1. The average Bonchev–Trinajstić information content (AvgIpc) is 2.49. The second kappa shape index (κ2) is 6.54. The lowest BCUT2D eigenvalue weighted by atomic mass is 9.96. The molecule has 2 aliphatic heterocycles. The first-order valence-electron chi connectivity index (χ1n) is 7.23. The van der Waals surface area contributed by atoms with Crippen molar-refractivity contribution in [3.63, 3.8) is 0 Å². The first-order chi connectivity index (χ1) is 9.81. The molecule has 2 saturated heterocycles. The molecule has 3 rings (SSSR count). The number of rotatable bonds is 3. The molecule has 0 radical (unpaired) electrons. The number of carbonyl (C=O) groups is 1. The first kappa shape index (κ1) is 14.5. The van der Waals surface area contributed by atoms with Crippen molar-refractivity contribution in [3.8, 4) is 0 Å². The first-order valence-corrected chi connectivity index (χ1v) is 9.20. The Labute approximate surface area is 129 Å². The van der Waals surface area contributed by atoms with E-state index in [1.165, 1.54) is 23.5 Å². The molecule has 2 atom stereocenters. The van der Waals surface area contributed by atoms with Gasteiger partial charge < -0.3 is 9.53 Å². The maximum absolute atomic E-state index is 10.9. The minimum Gasteiger partial charge on any atom is -0.370 e. The van der Waals surface area contributed by atoms with Gasteiger partial charge in [0.25, 0.3) is 0 Å². The monoisotopic (exact) mass is 308 g/mol. The molecule has 0 aromatic heterocycles. The van der Waals surface area contributed by atoms with Crippen molar-refractivity contribution in [1.82, 2.24) is 0 Å². The van der Waals surface area contributed by atoms with Crippen LogP contribution in [0.4, 0.5) is 0 Å². The highest BCUT2D eigenvalue weighted by Gasteiger charge is 2.43. The fraction of sp³-hybridized carbons (Fsp3) is 0.562. The molecule has 1 aromatic rings. The summed E-state index contributed by atoms with van der Waals surface area (Å²) >= 11 is 4.16. The van der Waals surface area contributed by atoms with Gasteiger partial charge in [0.05, 0.1) is 16.3 Å². The molecular weight excluding hydrogens is 288 g/mol. The molecule has 2 fully saturated rings. The van der Waals surface area contributed by atoms with Crippen LogP contribution in [0.3, 0.4) is 0 Å². The minimum absolute atomic E-state index is 0.0737. The molecule has 2 heterocycles. The lowest BCUT2D eigenvalue weighted by Crippen LogP contribution is -2.39. The summed E-state index contributed by atoms with van der Waals surface area (Å²) in [5, 5.41) is 0. The molecule has 2 aliphatic rings. The molecule has 20 heavy (non-hydrogen) atoms. The van der Waals surface area contributed by atoms with E-state index in [0.29, 0.717) is 6.42 Å². The van der Waals surface area contributed by atoms with E-state index in [9.17, 15) is 4.79 Å². The predicted octanol–water partition coefficient (Wildman–Crippen LogP) is 4.06. The van der Waals surface area contributed by atoms with E-state index in [-0.39, 0.29) is 16.3 Å². The highest BCUT2D eigenvalue weighted by Crippen LogP contribution is 2.54.